The first kappa shape index (κ1) is 19.4. The van der Waals surface area contributed by atoms with Gasteiger partial charge in [0.05, 0.1) is 5.41 Å². The third-order valence-corrected chi connectivity index (χ3v) is 5.34. The summed E-state index contributed by atoms with van der Waals surface area (Å²) in [5, 5.41) is 7.97. The number of hydrogen-bond donors (Lipinski definition) is 1. The minimum absolute atomic E-state index is 0.0475. The summed E-state index contributed by atoms with van der Waals surface area (Å²) >= 11 is 6.19. The van der Waals surface area contributed by atoms with Crippen molar-refractivity contribution in [2.45, 2.75) is 37.6 Å². The number of rotatable bonds is 6. The molecule has 0 saturated heterocycles. The number of carbonyl (C=O) groups excluding carboxylic acids is 1. The monoisotopic (exact) mass is 425 g/mol. The molecule has 0 spiro atoms. The number of hydrogen-bond acceptors (Lipinski definition) is 5. The van der Waals surface area contributed by atoms with Gasteiger partial charge >= 0.3 is 0 Å². The first-order valence-corrected chi connectivity index (χ1v) is 9.08. The summed E-state index contributed by atoms with van der Waals surface area (Å²) < 4.78 is 46.0. The minimum Gasteiger partial charge on any atom is -0.368 e. The first-order valence-electron chi connectivity index (χ1n) is 8.70. The fourth-order valence-electron chi connectivity index (χ4n) is 3.23. The number of amides is 1. The molecule has 7 nitrogen and oxygen atoms in total. The normalized spacial score (nSPS) is 16.2. The molecule has 4 rings (SSSR count). The first-order chi connectivity index (χ1) is 13.7. The SMILES string of the molecule is CC(C(N)=O)n1nc(C(F)F)cc1-c1nc(C2(c3ccc(F)cc3Cl)CC2)no1. The molecule has 0 radical (unpaired) electrons. The van der Waals surface area contributed by atoms with Gasteiger partial charge in [-0.15, -0.1) is 0 Å². The van der Waals surface area contributed by atoms with E-state index in [9.17, 15) is 18.0 Å². The van der Waals surface area contributed by atoms with Crippen molar-refractivity contribution in [3.8, 4) is 11.6 Å². The minimum atomic E-state index is -2.86. The molecule has 1 aromatic carbocycles. The molecule has 1 atom stereocenters. The number of nitrogens with zero attached hydrogens (tertiary/aromatic N) is 4. The maximum absolute atomic E-state index is 13.4. The van der Waals surface area contributed by atoms with Crippen LogP contribution < -0.4 is 5.73 Å². The van der Waals surface area contributed by atoms with Crippen LogP contribution >= 0.6 is 11.6 Å². The van der Waals surface area contributed by atoms with Crippen molar-refractivity contribution in [2.24, 2.45) is 5.73 Å². The zero-order valence-corrected chi connectivity index (χ0v) is 15.8. The smallest absolute Gasteiger partial charge is 0.282 e. The lowest BCUT2D eigenvalue weighted by atomic mass is 9.95. The van der Waals surface area contributed by atoms with E-state index in [4.69, 9.17) is 21.9 Å². The third-order valence-electron chi connectivity index (χ3n) is 5.03. The number of primary amides is 1. The van der Waals surface area contributed by atoms with E-state index in [-0.39, 0.29) is 16.6 Å². The van der Waals surface area contributed by atoms with Crippen molar-refractivity contribution in [1.29, 1.82) is 0 Å². The van der Waals surface area contributed by atoms with Crippen molar-refractivity contribution in [3.63, 3.8) is 0 Å². The van der Waals surface area contributed by atoms with Gasteiger partial charge in [-0.2, -0.15) is 10.1 Å². The summed E-state index contributed by atoms with van der Waals surface area (Å²) in [7, 11) is 0. The second-order valence-electron chi connectivity index (χ2n) is 6.91. The van der Waals surface area contributed by atoms with Crippen molar-refractivity contribution < 1.29 is 22.5 Å². The van der Waals surface area contributed by atoms with Gasteiger partial charge in [0.2, 0.25) is 5.91 Å². The van der Waals surface area contributed by atoms with Crippen molar-refractivity contribution in [3.05, 3.63) is 52.2 Å². The Morgan fingerprint density at radius 3 is 2.66 bits per heavy atom. The molecule has 2 heterocycles. The van der Waals surface area contributed by atoms with E-state index >= 15 is 0 Å². The maximum atomic E-state index is 13.4. The fraction of sp³-hybridized carbons (Fsp3) is 0.333. The zero-order chi connectivity index (χ0) is 20.9. The lowest BCUT2D eigenvalue weighted by Gasteiger charge is -2.13. The van der Waals surface area contributed by atoms with E-state index in [1.165, 1.54) is 19.1 Å². The van der Waals surface area contributed by atoms with E-state index in [2.05, 4.69) is 15.2 Å². The van der Waals surface area contributed by atoms with Gasteiger partial charge in [-0.25, -0.2) is 17.9 Å². The molecule has 0 bridgehead atoms. The van der Waals surface area contributed by atoms with E-state index < -0.39 is 35.3 Å². The predicted molar refractivity (Wildman–Crippen MR) is 95.8 cm³/mol. The van der Waals surface area contributed by atoms with Crippen LogP contribution in [0.3, 0.4) is 0 Å². The molecular formula is C18H15ClF3N5O2. The molecule has 1 unspecified atom stereocenters. The quantitative estimate of drug-likeness (QED) is 0.647. The van der Waals surface area contributed by atoms with Crippen LogP contribution in [0.4, 0.5) is 13.2 Å². The largest absolute Gasteiger partial charge is 0.368 e. The van der Waals surface area contributed by atoms with Crippen LogP contribution in [0, 0.1) is 5.82 Å². The Morgan fingerprint density at radius 1 is 1.34 bits per heavy atom. The van der Waals surface area contributed by atoms with Gasteiger partial charge in [-0.1, -0.05) is 22.8 Å². The molecule has 1 aliphatic rings. The summed E-state index contributed by atoms with van der Waals surface area (Å²) in [6, 6.07) is 4.13. The number of carbonyl (C=O) groups is 1. The predicted octanol–water partition coefficient (Wildman–Crippen LogP) is 3.79. The second-order valence-corrected chi connectivity index (χ2v) is 7.31. The van der Waals surface area contributed by atoms with E-state index in [0.717, 1.165) is 10.7 Å². The fourth-order valence-corrected chi connectivity index (χ4v) is 3.58. The van der Waals surface area contributed by atoms with Crippen LogP contribution in [0.15, 0.2) is 28.8 Å². The average molecular weight is 426 g/mol. The van der Waals surface area contributed by atoms with E-state index in [1.54, 1.807) is 6.07 Å². The van der Waals surface area contributed by atoms with Crippen LogP contribution in [-0.4, -0.2) is 25.8 Å². The number of benzene rings is 1. The molecule has 152 valence electrons. The van der Waals surface area contributed by atoms with Crippen LogP contribution in [0.5, 0.6) is 0 Å². The lowest BCUT2D eigenvalue weighted by molar-refractivity contribution is -0.120. The van der Waals surface area contributed by atoms with Gasteiger partial charge < -0.3 is 10.3 Å². The number of alkyl halides is 2. The van der Waals surface area contributed by atoms with Crippen molar-refractivity contribution in [1.82, 2.24) is 19.9 Å². The summed E-state index contributed by atoms with van der Waals surface area (Å²) in [6.07, 6.45) is -1.53. The number of nitrogens with two attached hydrogens (primary N) is 1. The maximum Gasteiger partial charge on any atom is 0.282 e. The summed E-state index contributed by atoms with van der Waals surface area (Å²) in [5.74, 6) is -1.02. The summed E-state index contributed by atoms with van der Waals surface area (Å²) in [4.78, 5) is 15.9. The molecule has 11 heteroatoms. The Labute approximate surface area is 167 Å². The van der Waals surface area contributed by atoms with Crippen molar-refractivity contribution >= 4 is 17.5 Å². The molecule has 1 saturated carbocycles. The highest BCUT2D eigenvalue weighted by Crippen LogP contribution is 2.54. The molecule has 1 fully saturated rings. The Bertz CT molecular complexity index is 1090. The lowest BCUT2D eigenvalue weighted by Crippen LogP contribution is -2.25. The molecule has 3 aromatic rings. The third kappa shape index (κ3) is 3.27. The molecular weight excluding hydrogens is 411 g/mol. The molecule has 2 aromatic heterocycles. The van der Waals surface area contributed by atoms with Gasteiger partial charge in [-0.3, -0.25) is 4.79 Å². The Balaban J connectivity index is 1.76. The standard InChI is InChI=1S/C18H15ClF3N5O2/c1-8(15(23)28)27-13(7-12(25-27)14(21)22)16-24-17(26-29-16)18(4-5-18)10-3-2-9(20)6-11(10)19/h2-3,6-8,14H,4-5H2,1H3,(H2,23,28). The van der Waals surface area contributed by atoms with Gasteiger partial charge in [0.15, 0.2) is 5.82 Å². The average Bonchev–Trinajstić information content (AvgIpc) is 3.12. The molecule has 1 aliphatic carbocycles. The Hall–Kier alpha value is -2.88. The summed E-state index contributed by atoms with van der Waals surface area (Å²) in [5.41, 5.74) is 4.80. The van der Waals surface area contributed by atoms with Crippen molar-refractivity contribution in [2.75, 3.05) is 0 Å². The molecule has 29 heavy (non-hydrogen) atoms. The number of halogens is 4. The van der Waals surface area contributed by atoms with Gasteiger partial charge in [-0.05, 0) is 43.5 Å². The molecule has 2 N–H and O–H groups in total. The van der Waals surface area contributed by atoms with E-state index in [0.29, 0.717) is 24.2 Å². The van der Waals surface area contributed by atoms with E-state index in [1.807, 2.05) is 0 Å². The van der Waals surface area contributed by atoms with Gasteiger partial charge in [0.1, 0.15) is 23.2 Å². The Morgan fingerprint density at radius 2 is 2.07 bits per heavy atom. The highest BCUT2D eigenvalue weighted by molar-refractivity contribution is 6.31. The van der Waals surface area contributed by atoms with Crippen LogP contribution in [0.2, 0.25) is 5.02 Å². The van der Waals surface area contributed by atoms with Gasteiger partial charge in [0, 0.05) is 5.02 Å². The molecule has 0 aliphatic heterocycles. The topological polar surface area (TPSA) is 99.8 Å². The Kier molecular flexibility index (Phi) is 4.60. The highest BCUT2D eigenvalue weighted by atomic mass is 35.5. The van der Waals surface area contributed by atoms with Crippen LogP contribution in [-0.2, 0) is 10.2 Å². The van der Waals surface area contributed by atoms with Crippen LogP contribution in [0.25, 0.3) is 11.6 Å². The van der Waals surface area contributed by atoms with Crippen LogP contribution in [0.1, 0.15) is 49.3 Å². The van der Waals surface area contributed by atoms with Gasteiger partial charge in [0.25, 0.3) is 12.3 Å². The highest BCUT2D eigenvalue weighted by Gasteiger charge is 2.51. The zero-order valence-electron chi connectivity index (χ0n) is 15.1. The summed E-state index contributed by atoms with van der Waals surface area (Å²) in [6.45, 7) is 1.42. The number of aromatic nitrogens is 4. The second kappa shape index (κ2) is 6.87. The molecule has 1 amide bonds.